The summed E-state index contributed by atoms with van der Waals surface area (Å²) in [6.07, 6.45) is -1.20. The molecule has 5 aromatic rings. The molecule has 0 saturated carbocycles. The van der Waals surface area contributed by atoms with Gasteiger partial charge in [-0.3, -0.25) is 9.48 Å². The van der Waals surface area contributed by atoms with E-state index in [1.165, 1.54) is 28.6 Å². The predicted octanol–water partition coefficient (Wildman–Crippen LogP) is 6.69. The molecule has 48 heavy (non-hydrogen) atoms. The number of aromatic nitrogens is 3. The molecule has 2 heterocycles. The van der Waals surface area contributed by atoms with Crippen LogP contribution in [0.25, 0.3) is 22.5 Å². The Kier molecular flexibility index (Phi) is 9.93. The molecule has 0 aliphatic heterocycles. The van der Waals surface area contributed by atoms with Gasteiger partial charge in [-0.25, -0.2) is 4.98 Å². The van der Waals surface area contributed by atoms with E-state index in [0.717, 1.165) is 12.1 Å². The van der Waals surface area contributed by atoms with Crippen LogP contribution >= 0.6 is 0 Å². The van der Waals surface area contributed by atoms with Gasteiger partial charge in [0.05, 0.1) is 34.4 Å². The lowest BCUT2D eigenvalue weighted by Crippen LogP contribution is -2.67. The van der Waals surface area contributed by atoms with Crippen molar-refractivity contribution >= 4 is 30.3 Å². The van der Waals surface area contributed by atoms with Gasteiger partial charge in [0.15, 0.2) is 0 Å². The number of rotatable bonds is 10. The van der Waals surface area contributed by atoms with Crippen molar-refractivity contribution in [3.8, 4) is 22.5 Å². The zero-order valence-corrected chi connectivity index (χ0v) is 28.7. The maximum Gasteiger partial charge on any atom is 0.416 e. The summed E-state index contributed by atoms with van der Waals surface area (Å²) in [7, 11) is -1.02. The molecule has 0 fully saturated rings. The van der Waals surface area contributed by atoms with Crippen LogP contribution in [0.3, 0.4) is 0 Å². The maximum absolute atomic E-state index is 13.7. The molecule has 0 radical (unpaired) electrons. The normalized spacial score (nSPS) is 12.9. The van der Waals surface area contributed by atoms with E-state index in [2.05, 4.69) is 60.4 Å². The molecule has 5 rings (SSSR count). The zero-order chi connectivity index (χ0) is 34.7. The van der Waals surface area contributed by atoms with Crippen molar-refractivity contribution in [1.29, 1.82) is 0 Å². The van der Waals surface area contributed by atoms with Gasteiger partial charge in [0.1, 0.15) is 0 Å². The number of amides is 1. The Morgan fingerprint density at radius 1 is 0.938 bits per heavy atom. The molecule has 3 N–H and O–H groups in total. The van der Waals surface area contributed by atoms with E-state index in [9.17, 15) is 18.0 Å². The number of carbonyl (C=O) groups is 1. The quantitative estimate of drug-likeness (QED) is 0.161. The van der Waals surface area contributed by atoms with Crippen LogP contribution in [0.2, 0.25) is 5.04 Å². The summed E-state index contributed by atoms with van der Waals surface area (Å²) >= 11 is 0. The van der Waals surface area contributed by atoms with Crippen molar-refractivity contribution in [2.45, 2.75) is 38.9 Å². The fourth-order valence-corrected chi connectivity index (χ4v) is 10.6. The Balaban J connectivity index is 1.40. The minimum Gasteiger partial charge on any atom is -0.407 e. The van der Waals surface area contributed by atoms with Crippen LogP contribution in [0.15, 0.2) is 103 Å². The molecule has 1 amide bonds. The van der Waals surface area contributed by atoms with Crippen molar-refractivity contribution in [1.82, 2.24) is 20.1 Å². The van der Waals surface area contributed by atoms with Crippen molar-refractivity contribution in [3.05, 3.63) is 115 Å². The number of nitrogens with zero attached hydrogens (tertiary/aromatic N) is 3. The van der Waals surface area contributed by atoms with Gasteiger partial charge < -0.3 is 15.5 Å². The first kappa shape index (κ1) is 34.6. The van der Waals surface area contributed by atoms with E-state index in [1.807, 2.05) is 43.3 Å². The van der Waals surface area contributed by atoms with Crippen LogP contribution in [0, 0.1) is 5.92 Å². The minimum absolute atomic E-state index is 0.0640. The Morgan fingerprint density at radius 2 is 1.52 bits per heavy atom. The number of anilines is 1. The van der Waals surface area contributed by atoms with Crippen LogP contribution in [-0.2, 0) is 17.6 Å². The summed E-state index contributed by atoms with van der Waals surface area (Å²) in [5.74, 6) is -0.490. The van der Waals surface area contributed by atoms with Gasteiger partial charge >= 0.3 is 6.18 Å². The molecular weight excluding hydrogens is 632 g/mol. The van der Waals surface area contributed by atoms with Crippen LogP contribution < -0.4 is 21.4 Å². The maximum atomic E-state index is 13.7. The number of halogens is 3. The summed E-state index contributed by atoms with van der Waals surface area (Å²) in [6.45, 7) is 9.36. The van der Waals surface area contributed by atoms with E-state index in [-0.39, 0.29) is 22.2 Å². The summed E-state index contributed by atoms with van der Waals surface area (Å²) in [6, 6.07) is 26.9. The average molecular weight is 672 g/mol. The lowest BCUT2D eigenvalue weighted by atomic mass is 10.0. The van der Waals surface area contributed by atoms with E-state index >= 15 is 0 Å². The number of nitrogens with one attached hydrogen (secondary N) is 1. The van der Waals surface area contributed by atoms with Crippen molar-refractivity contribution in [2.24, 2.45) is 13.0 Å². The number of carbonyl (C=O) groups excluding carboxylic acids is 1. The molecule has 0 aliphatic carbocycles. The second-order valence-corrected chi connectivity index (χ2v) is 17.4. The summed E-state index contributed by atoms with van der Waals surface area (Å²) in [5, 5.41) is 9.35. The summed E-state index contributed by atoms with van der Waals surface area (Å²) in [4.78, 5) is 18.3. The fraction of sp³-hybridized carbons (Fsp3) is 0.270. The zero-order valence-electron chi connectivity index (χ0n) is 27.7. The topological polar surface area (TPSA) is 95.1 Å². The van der Waals surface area contributed by atoms with E-state index in [0.29, 0.717) is 35.7 Å². The standard InChI is InChI=1S/C37H40F3N5O2Si/c1-25(24-47-48(36(2,3)4,29-12-8-6-9-13-29)30-14-10-7-11-15-30)21-42-35(46)31-20-32(26-16-18-28(19-17-26)37(38,39)40)44-34(33(31)41)27-22-43-45(5)23-27/h6-20,22-23,25H,21,24,41H2,1-5H3,(H,42,46)/t25-/m1/s1. The number of benzene rings is 3. The Morgan fingerprint density at radius 3 is 2.02 bits per heavy atom. The molecule has 0 saturated heterocycles. The minimum atomic E-state index is -4.48. The van der Waals surface area contributed by atoms with Gasteiger partial charge in [0.25, 0.3) is 14.2 Å². The number of hydrogen-bond donors (Lipinski definition) is 2. The van der Waals surface area contributed by atoms with E-state index in [1.54, 1.807) is 24.1 Å². The predicted molar refractivity (Wildman–Crippen MR) is 186 cm³/mol. The molecule has 7 nitrogen and oxygen atoms in total. The molecule has 1 atom stereocenters. The number of nitrogens with two attached hydrogens (primary N) is 1. The first-order valence-corrected chi connectivity index (χ1v) is 17.6. The van der Waals surface area contributed by atoms with Gasteiger partial charge in [0, 0.05) is 37.5 Å². The third-order valence-electron chi connectivity index (χ3n) is 8.40. The monoisotopic (exact) mass is 671 g/mol. The fourth-order valence-electron chi connectivity index (χ4n) is 5.93. The van der Waals surface area contributed by atoms with Gasteiger partial charge in [-0.05, 0) is 39.5 Å². The third-order valence-corrected chi connectivity index (χ3v) is 13.4. The Hall–Kier alpha value is -4.74. The Bertz CT molecular complexity index is 1820. The molecule has 0 unspecified atom stereocenters. The smallest absolute Gasteiger partial charge is 0.407 e. The first-order valence-electron chi connectivity index (χ1n) is 15.7. The number of pyridine rings is 1. The number of aryl methyl sites for hydroxylation is 1. The lowest BCUT2D eigenvalue weighted by Gasteiger charge is -2.43. The largest absolute Gasteiger partial charge is 0.416 e. The van der Waals surface area contributed by atoms with Crippen LogP contribution in [0.1, 0.15) is 43.6 Å². The molecule has 3 aromatic carbocycles. The number of hydrogen-bond acceptors (Lipinski definition) is 5. The van der Waals surface area contributed by atoms with Crippen molar-refractivity contribution < 1.29 is 22.4 Å². The summed E-state index contributed by atoms with van der Waals surface area (Å²) in [5.41, 5.74) is 7.67. The van der Waals surface area contributed by atoms with E-state index in [4.69, 9.17) is 10.2 Å². The molecule has 250 valence electrons. The van der Waals surface area contributed by atoms with Gasteiger partial charge in [-0.1, -0.05) is 100 Å². The van der Waals surface area contributed by atoms with Crippen molar-refractivity contribution in [2.75, 3.05) is 18.9 Å². The molecule has 0 aliphatic rings. The third kappa shape index (κ3) is 7.22. The van der Waals surface area contributed by atoms with Gasteiger partial charge in [-0.2, -0.15) is 18.3 Å². The molecule has 11 heteroatoms. The summed E-state index contributed by atoms with van der Waals surface area (Å²) < 4.78 is 48.3. The highest BCUT2D eigenvalue weighted by atomic mass is 28.4. The SMILES string of the molecule is C[C@H](CNC(=O)c1cc(-c2ccc(C(F)(F)F)cc2)nc(-c2cnn(C)c2)c1N)CO[Si](c1ccccc1)(c1ccccc1)C(C)(C)C. The second-order valence-electron chi connectivity index (χ2n) is 13.1. The molecule has 2 aromatic heterocycles. The number of alkyl halides is 3. The van der Waals surface area contributed by atoms with Crippen LogP contribution in [-0.4, -0.2) is 42.1 Å². The molecule has 0 bridgehead atoms. The average Bonchev–Trinajstić information content (AvgIpc) is 3.50. The molecular formula is C37H40F3N5O2Si. The highest BCUT2D eigenvalue weighted by Gasteiger charge is 2.50. The first-order chi connectivity index (χ1) is 22.7. The highest BCUT2D eigenvalue weighted by molar-refractivity contribution is 6.99. The second kappa shape index (κ2) is 13.8. The van der Waals surface area contributed by atoms with Crippen molar-refractivity contribution in [3.63, 3.8) is 0 Å². The van der Waals surface area contributed by atoms with E-state index < -0.39 is 26.0 Å². The highest BCUT2D eigenvalue weighted by Crippen LogP contribution is 2.37. The van der Waals surface area contributed by atoms with Gasteiger partial charge in [0.2, 0.25) is 0 Å². The lowest BCUT2D eigenvalue weighted by molar-refractivity contribution is -0.137. The Labute approximate surface area is 280 Å². The molecule has 0 spiro atoms. The number of nitrogen functional groups attached to an aromatic ring is 1. The van der Waals surface area contributed by atoms with Gasteiger partial charge in [-0.15, -0.1) is 0 Å². The van der Waals surface area contributed by atoms with Crippen LogP contribution in [0.4, 0.5) is 18.9 Å². The van der Waals surface area contributed by atoms with Crippen LogP contribution in [0.5, 0.6) is 0 Å².